The van der Waals surface area contributed by atoms with E-state index in [0.29, 0.717) is 0 Å². The van der Waals surface area contributed by atoms with Gasteiger partial charge in [0.15, 0.2) is 0 Å². The van der Waals surface area contributed by atoms with Gasteiger partial charge >= 0.3 is 6.03 Å². The summed E-state index contributed by atoms with van der Waals surface area (Å²) in [5.74, 6) is 1.89. The van der Waals surface area contributed by atoms with Gasteiger partial charge in [-0.15, -0.1) is 0 Å². The molecule has 2 amide bonds. The molecule has 5 nitrogen and oxygen atoms in total. The van der Waals surface area contributed by atoms with E-state index < -0.39 is 0 Å². The number of rotatable bonds is 6. The molecule has 2 aliphatic heterocycles. The molecule has 2 rings (SSSR count). The number of amides is 2. The highest BCUT2D eigenvalue weighted by atomic mass is 32.2. The van der Waals surface area contributed by atoms with Crippen LogP contribution in [0.3, 0.4) is 0 Å². The van der Waals surface area contributed by atoms with E-state index in [0.717, 1.165) is 50.6 Å². The average molecular weight is 329 g/mol. The predicted octanol–water partition coefficient (Wildman–Crippen LogP) is 1.41. The molecule has 0 aromatic carbocycles. The Morgan fingerprint density at radius 1 is 1.14 bits per heavy atom. The van der Waals surface area contributed by atoms with Gasteiger partial charge in [0.2, 0.25) is 0 Å². The fourth-order valence-corrected chi connectivity index (χ4v) is 3.67. The molecule has 0 saturated carbocycles. The molecule has 6 heteroatoms. The molecule has 128 valence electrons. The van der Waals surface area contributed by atoms with Crippen molar-refractivity contribution in [2.45, 2.75) is 19.3 Å². The monoisotopic (exact) mass is 328 g/mol. The lowest BCUT2D eigenvalue weighted by Gasteiger charge is -2.37. The Bertz CT molecular complexity index is 326. The van der Waals surface area contributed by atoms with E-state index in [1.54, 1.807) is 0 Å². The van der Waals surface area contributed by atoms with Gasteiger partial charge in [-0.2, -0.15) is 11.8 Å². The summed E-state index contributed by atoms with van der Waals surface area (Å²) in [6, 6.07) is 0.138. The predicted molar refractivity (Wildman–Crippen MR) is 94.6 cm³/mol. The van der Waals surface area contributed by atoms with Crippen LogP contribution in [-0.2, 0) is 0 Å². The number of nitrogens with one attached hydrogen (secondary N) is 1. The van der Waals surface area contributed by atoms with Crippen molar-refractivity contribution < 1.29 is 4.79 Å². The van der Waals surface area contributed by atoms with Crippen molar-refractivity contribution in [3.63, 3.8) is 0 Å². The van der Waals surface area contributed by atoms with E-state index in [1.807, 2.05) is 16.7 Å². The third-order valence-electron chi connectivity index (χ3n) is 4.82. The van der Waals surface area contributed by atoms with E-state index in [2.05, 4.69) is 28.4 Å². The first-order valence-electron chi connectivity index (χ1n) is 8.61. The summed E-state index contributed by atoms with van der Waals surface area (Å²) >= 11 is 1.83. The van der Waals surface area contributed by atoms with Gasteiger partial charge in [-0.3, -0.25) is 0 Å². The SMILES string of the molecule is CSCCCNC(=O)N1CCC(CN2CCN(C)CC2)CC1. The minimum absolute atomic E-state index is 0.138. The maximum atomic E-state index is 12.1. The Kier molecular flexibility index (Phi) is 7.83. The summed E-state index contributed by atoms with van der Waals surface area (Å²) in [5.41, 5.74) is 0. The number of carbonyl (C=O) groups is 1. The van der Waals surface area contributed by atoms with Gasteiger partial charge in [-0.25, -0.2) is 4.79 Å². The minimum Gasteiger partial charge on any atom is -0.338 e. The molecule has 0 unspecified atom stereocenters. The fourth-order valence-electron chi connectivity index (χ4n) is 3.24. The maximum absolute atomic E-state index is 12.1. The highest BCUT2D eigenvalue weighted by Crippen LogP contribution is 2.19. The van der Waals surface area contributed by atoms with Crippen molar-refractivity contribution in [2.75, 3.05) is 71.4 Å². The first-order chi connectivity index (χ1) is 10.7. The maximum Gasteiger partial charge on any atom is 0.317 e. The lowest BCUT2D eigenvalue weighted by atomic mass is 9.96. The second-order valence-corrected chi connectivity index (χ2v) is 7.60. The Hall–Kier alpha value is -0.460. The third-order valence-corrected chi connectivity index (χ3v) is 5.51. The van der Waals surface area contributed by atoms with Gasteiger partial charge in [0, 0.05) is 52.4 Å². The number of thioether (sulfide) groups is 1. The number of piperazine rings is 1. The quantitative estimate of drug-likeness (QED) is 0.748. The molecule has 0 aliphatic carbocycles. The van der Waals surface area contributed by atoms with Crippen LogP contribution in [-0.4, -0.2) is 92.1 Å². The Balaban J connectivity index is 1.60. The van der Waals surface area contributed by atoms with Crippen LogP contribution in [0.2, 0.25) is 0 Å². The van der Waals surface area contributed by atoms with Crippen molar-refractivity contribution in [1.82, 2.24) is 20.0 Å². The molecule has 2 heterocycles. The van der Waals surface area contributed by atoms with Crippen LogP contribution in [0.5, 0.6) is 0 Å². The number of urea groups is 1. The number of likely N-dealkylation sites (N-methyl/N-ethyl adjacent to an activating group) is 1. The molecule has 0 radical (unpaired) electrons. The zero-order chi connectivity index (χ0) is 15.8. The Morgan fingerprint density at radius 3 is 2.45 bits per heavy atom. The third kappa shape index (κ3) is 5.97. The van der Waals surface area contributed by atoms with Crippen molar-refractivity contribution in [1.29, 1.82) is 0 Å². The molecule has 1 N–H and O–H groups in total. The van der Waals surface area contributed by atoms with Gasteiger partial charge in [-0.05, 0) is 44.2 Å². The van der Waals surface area contributed by atoms with Crippen molar-refractivity contribution >= 4 is 17.8 Å². The zero-order valence-corrected chi connectivity index (χ0v) is 15.0. The molecule has 0 aromatic heterocycles. The molecule has 2 fully saturated rings. The van der Waals surface area contributed by atoms with Crippen LogP contribution in [0.4, 0.5) is 4.79 Å². The van der Waals surface area contributed by atoms with Crippen molar-refractivity contribution in [3.05, 3.63) is 0 Å². The summed E-state index contributed by atoms with van der Waals surface area (Å²) in [6.45, 7) is 8.66. The van der Waals surface area contributed by atoms with Crippen LogP contribution in [0.1, 0.15) is 19.3 Å². The lowest BCUT2D eigenvalue weighted by Crippen LogP contribution is -2.49. The van der Waals surface area contributed by atoms with Gasteiger partial charge in [-0.1, -0.05) is 0 Å². The van der Waals surface area contributed by atoms with Gasteiger partial charge in [0.05, 0.1) is 0 Å². The van der Waals surface area contributed by atoms with Crippen molar-refractivity contribution in [2.24, 2.45) is 5.92 Å². The Labute approximate surface area is 139 Å². The molecule has 2 saturated heterocycles. The van der Waals surface area contributed by atoms with E-state index in [-0.39, 0.29) is 6.03 Å². The smallest absolute Gasteiger partial charge is 0.317 e. The van der Waals surface area contributed by atoms with Crippen molar-refractivity contribution in [3.8, 4) is 0 Å². The highest BCUT2D eigenvalue weighted by molar-refractivity contribution is 7.98. The normalized spacial score (nSPS) is 22.0. The molecule has 0 bridgehead atoms. The van der Waals surface area contributed by atoms with Gasteiger partial charge in [0.25, 0.3) is 0 Å². The second kappa shape index (κ2) is 9.63. The minimum atomic E-state index is 0.138. The summed E-state index contributed by atoms with van der Waals surface area (Å²) < 4.78 is 0. The summed E-state index contributed by atoms with van der Waals surface area (Å²) in [6.07, 6.45) is 5.48. The summed E-state index contributed by atoms with van der Waals surface area (Å²) in [5, 5.41) is 3.05. The fraction of sp³-hybridized carbons (Fsp3) is 0.938. The number of carbonyl (C=O) groups excluding carboxylic acids is 1. The summed E-state index contributed by atoms with van der Waals surface area (Å²) in [4.78, 5) is 19.1. The first-order valence-corrected chi connectivity index (χ1v) is 10.0. The molecule has 0 spiro atoms. The van der Waals surface area contributed by atoms with Gasteiger partial charge in [0.1, 0.15) is 0 Å². The number of piperidine rings is 1. The number of hydrogen-bond acceptors (Lipinski definition) is 4. The van der Waals surface area contributed by atoms with Crippen LogP contribution in [0.15, 0.2) is 0 Å². The number of nitrogens with zero attached hydrogens (tertiary/aromatic N) is 3. The first kappa shape index (κ1) is 17.9. The van der Waals surface area contributed by atoms with E-state index in [1.165, 1.54) is 32.7 Å². The highest BCUT2D eigenvalue weighted by Gasteiger charge is 2.25. The standard InChI is InChI=1S/C16H32N4OS/c1-18-9-11-19(12-10-18)14-15-4-7-20(8-5-15)16(21)17-6-3-13-22-2/h15H,3-14H2,1-2H3,(H,17,21). The molecular weight excluding hydrogens is 296 g/mol. The molecule has 22 heavy (non-hydrogen) atoms. The van der Waals surface area contributed by atoms with Gasteiger partial charge < -0.3 is 20.0 Å². The lowest BCUT2D eigenvalue weighted by molar-refractivity contribution is 0.111. The van der Waals surface area contributed by atoms with Crippen LogP contribution in [0.25, 0.3) is 0 Å². The van der Waals surface area contributed by atoms with Crippen LogP contribution >= 0.6 is 11.8 Å². The Morgan fingerprint density at radius 2 is 1.82 bits per heavy atom. The summed E-state index contributed by atoms with van der Waals surface area (Å²) in [7, 11) is 2.20. The zero-order valence-electron chi connectivity index (χ0n) is 14.2. The van der Waals surface area contributed by atoms with Crippen LogP contribution < -0.4 is 5.32 Å². The van der Waals surface area contributed by atoms with E-state index in [9.17, 15) is 4.79 Å². The number of hydrogen-bond donors (Lipinski definition) is 1. The topological polar surface area (TPSA) is 38.8 Å². The molecule has 0 atom stereocenters. The van der Waals surface area contributed by atoms with E-state index >= 15 is 0 Å². The largest absolute Gasteiger partial charge is 0.338 e. The molecular formula is C16H32N4OS. The molecule has 0 aromatic rings. The number of likely N-dealkylation sites (tertiary alicyclic amines) is 1. The van der Waals surface area contributed by atoms with Crippen LogP contribution in [0, 0.1) is 5.92 Å². The van der Waals surface area contributed by atoms with E-state index in [4.69, 9.17) is 0 Å². The average Bonchev–Trinajstić information content (AvgIpc) is 2.54. The second-order valence-electron chi connectivity index (χ2n) is 6.61. The molecule has 2 aliphatic rings.